The molecule has 0 bridgehead atoms. The van der Waals surface area contributed by atoms with Crippen molar-refractivity contribution >= 4 is 35.9 Å². The van der Waals surface area contributed by atoms with Gasteiger partial charge in [-0.15, -0.1) is 0 Å². The Balaban J connectivity index is 3.09. The van der Waals surface area contributed by atoms with Gasteiger partial charge in [0.05, 0.1) is 6.61 Å². The molecule has 1 rings (SSSR count). The van der Waals surface area contributed by atoms with E-state index in [2.05, 4.69) is 22.6 Å². The quantitative estimate of drug-likeness (QED) is 0.565. The number of halogens is 1. The van der Waals surface area contributed by atoms with Crippen molar-refractivity contribution in [2.45, 2.75) is 6.61 Å². The van der Waals surface area contributed by atoms with E-state index < -0.39 is 0 Å². The summed E-state index contributed by atoms with van der Waals surface area (Å²) in [5.74, 6) is 0. The van der Waals surface area contributed by atoms with Gasteiger partial charge in [0, 0.05) is 3.57 Å². The molecule has 0 spiro atoms. The maximum absolute atomic E-state index is 8.78. The average molecular weight is 244 g/mol. The van der Waals surface area contributed by atoms with E-state index in [1.165, 1.54) is 0 Å². The van der Waals surface area contributed by atoms with Crippen LogP contribution in [0.25, 0.3) is 0 Å². The summed E-state index contributed by atoms with van der Waals surface area (Å²) in [4.78, 5) is 0. The van der Waals surface area contributed by atoms with Crippen LogP contribution in [-0.2, 0) is 6.61 Å². The first kappa shape index (κ1) is 8.08. The molecular formula is C7H6BIO. The number of rotatable bonds is 1. The highest BCUT2D eigenvalue weighted by atomic mass is 127. The van der Waals surface area contributed by atoms with Crippen LogP contribution in [0.5, 0.6) is 0 Å². The van der Waals surface area contributed by atoms with Gasteiger partial charge in [-0.3, -0.25) is 0 Å². The fraction of sp³-hybridized carbons (Fsp3) is 0.143. The second-order valence-electron chi connectivity index (χ2n) is 2.01. The molecule has 1 aromatic rings. The summed E-state index contributed by atoms with van der Waals surface area (Å²) in [6.45, 7) is 0.0588. The second kappa shape index (κ2) is 3.39. The van der Waals surface area contributed by atoms with E-state index in [9.17, 15) is 0 Å². The van der Waals surface area contributed by atoms with Gasteiger partial charge in [-0.2, -0.15) is 0 Å². The number of hydrogen-bond acceptors (Lipinski definition) is 1. The Morgan fingerprint density at radius 1 is 1.50 bits per heavy atom. The molecule has 0 atom stereocenters. The summed E-state index contributed by atoms with van der Waals surface area (Å²) < 4.78 is 1.05. The summed E-state index contributed by atoms with van der Waals surface area (Å²) >= 11 is 2.16. The molecule has 1 aromatic carbocycles. The Morgan fingerprint density at radius 2 is 2.20 bits per heavy atom. The van der Waals surface area contributed by atoms with Crippen molar-refractivity contribution in [3.63, 3.8) is 0 Å². The van der Waals surface area contributed by atoms with E-state index in [1.807, 2.05) is 12.1 Å². The minimum absolute atomic E-state index is 0.0588. The highest BCUT2D eigenvalue weighted by Gasteiger charge is 1.95. The lowest BCUT2D eigenvalue weighted by molar-refractivity contribution is 0.281. The van der Waals surface area contributed by atoms with Crippen LogP contribution in [0, 0.1) is 3.57 Å². The van der Waals surface area contributed by atoms with Gasteiger partial charge in [-0.25, -0.2) is 0 Å². The van der Waals surface area contributed by atoms with Gasteiger partial charge in [0.25, 0.3) is 0 Å². The molecule has 0 aliphatic heterocycles. The van der Waals surface area contributed by atoms with Crippen molar-refractivity contribution in [1.29, 1.82) is 0 Å². The first-order valence-corrected chi connectivity index (χ1v) is 3.96. The highest BCUT2D eigenvalue weighted by molar-refractivity contribution is 14.1. The Morgan fingerprint density at radius 3 is 2.70 bits per heavy atom. The fourth-order valence-electron chi connectivity index (χ4n) is 0.716. The predicted octanol–water partition coefficient (Wildman–Crippen LogP) is 0.577. The van der Waals surface area contributed by atoms with Gasteiger partial charge in [-0.05, 0) is 34.2 Å². The lowest BCUT2D eigenvalue weighted by Crippen LogP contribution is -2.04. The molecule has 3 heteroatoms. The van der Waals surface area contributed by atoms with E-state index in [-0.39, 0.29) is 6.61 Å². The number of hydrogen-bond donors (Lipinski definition) is 1. The lowest BCUT2D eigenvalue weighted by Gasteiger charge is -2.00. The molecule has 0 amide bonds. The zero-order chi connectivity index (χ0) is 7.56. The molecule has 10 heavy (non-hydrogen) atoms. The zero-order valence-corrected chi connectivity index (χ0v) is 7.50. The van der Waals surface area contributed by atoms with Crippen molar-refractivity contribution in [1.82, 2.24) is 0 Å². The van der Waals surface area contributed by atoms with Gasteiger partial charge in [0.15, 0.2) is 0 Å². The third-order valence-electron chi connectivity index (χ3n) is 1.24. The normalized spacial score (nSPS) is 9.80. The van der Waals surface area contributed by atoms with E-state index >= 15 is 0 Å². The van der Waals surface area contributed by atoms with Crippen LogP contribution in [0.2, 0.25) is 0 Å². The van der Waals surface area contributed by atoms with Crippen LogP contribution in [-0.4, -0.2) is 13.0 Å². The van der Waals surface area contributed by atoms with Crippen LogP contribution < -0.4 is 5.46 Å². The van der Waals surface area contributed by atoms with Gasteiger partial charge < -0.3 is 5.11 Å². The average Bonchev–Trinajstić information content (AvgIpc) is 1.94. The molecule has 1 nitrogen and oxygen atoms in total. The van der Waals surface area contributed by atoms with Crippen LogP contribution >= 0.6 is 22.6 Å². The van der Waals surface area contributed by atoms with E-state index in [4.69, 9.17) is 13.0 Å². The molecule has 2 radical (unpaired) electrons. The molecular weight excluding hydrogens is 238 g/mol. The summed E-state index contributed by atoms with van der Waals surface area (Å²) in [5.41, 5.74) is 1.59. The van der Waals surface area contributed by atoms with Gasteiger partial charge in [0.1, 0.15) is 7.85 Å². The summed E-state index contributed by atoms with van der Waals surface area (Å²) in [6, 6.07) is 5.49. The van der Waals surface area contributed by atoms with E-state index in [0.29, 0.717) is 5.46 Å². The van der Waals surface area contributed by atoms with Crippen LogP contribution in [0.1, 0.15) is 5.56 Å². The van der Waals surface area contributed by atoms with Gasteiger partial charge in [-0.1, -0.05) is 17.6 Å². The number of aliphatic hydroxyl groups excluding tert-OH is 1. The molecule has 0 fully saturated rings. The SMILES string of the molecule is [B]c1ccc(I)c(CO)c1. The van der Waals surface area contributed by atoms with Crippen molar-refractivity contribution in [3.05, 3.63) is 27.3 Å². The minimum Gasteiger partial charge on any atom is -0.392 e. The van der Waals surface area contributed by atoms with Crippen molar-refractivity contribution < 1.29 is 5.11 Å². The van der Waals surface area contributed by atoms with E-state index in [1.54, 1.807) is 6.07 Å². The first-order valence-electron chi connectivity index (χ1n) is 2.89. The molecule has 0 unspecified atom stereocenters. The largest absolute Gasteiger partial charge is 0.392 e. The predicted molar refractivity (Wildman–Crippen MR) is 50.5 cm³/mol. The Bertz CT molecular complexity index is 237. The number of benzene rings is 1. The molecule has 0 saturated carbocycles. The molecule has 0 aromatic heterocycles. The van der Waals surface area contributed by atoms with Gasteiger partial charge >= 0.3 is 0 Å². The fourth-order valence-corrected chi connectivity index (χ4v) is 1.22. The molecule has 0 aliphatic carbocycles. The molecule has 50 valence electrons. The first-order chi connectivity index (χ1) is 4.74. The molecule has 0 aliphatic rings. The Hall–Kier alpha value is -0.0251. The van der Waals surface area contributed by atoms with E-state index in [0.717, 1.165) is 9.13 Å². The smallest absolute Gasteiger partial charge is 0.113 e. The van der Waals surface area contributed by atoms with Crippen molar-refractivity contribution in [3.8, 4) is 0 Å². The third kappa shape index (κ3) is 1.73. The maximum Gasteiger partial charge on any atom is 0.113 e. The topological polar surface area (TPSA) is 20.2 Å². The minimum atomic E-state index is 0.0588. The molecule has 1 N–H and O–H groups in total. The van der Waals surface area contributed by atoms with Crippen LogP contribution in [0.3, 0.4) is 0 Å². The maximum atomic E-state index is 8.78. The standard InChI is InChI=1S/C7H6BIO/c8-6-1-2-7(9)5(3-6)4-10/h1-3,10H,4H2. The summed E-state index contributed by atoms with van der Waals surface area (Å²) in [5, 5.41) is 8.78. The monoisotopic (exact) mass is 244 g/mol. The highest BCUT2D eigenvalue weighted by Crippen LogP contribution is 2.08. The Kier molecular flexibility index (Phi) is 2.74. The summed E-state index contributed by atoms with van der Waals surface area (Å²) in [6.07, 6.45) is 0. The van der Waals surface area contributed by atoms with Crippen LogP contribution in [0.15, 0.2) is 18.2 Å². The third-order valence-corrected chi connectivity index (χ3v) is 2.29. The number of aliphatic hydroxyl groups is 1. The molecule has 0 heterocycles. The molecule has 0 saturated heterocycles. The van der Waals surface area contributed by atoms with Gasteiger partial charge in [0.2, 0.25) is 0 Å². The second-order valence-corrected chi connectivity index (χ2v) is 3.17. The van der Waals surface area contributed by atoms with Crippen molar-refractivity contribution in [2.75, 3.05) is 0 Å². The van der Waals surface area contributed by atoms with Crippen molar-refractivity contribution in [2.24, 2.45) is 0 Å². The van der Waals surface area contributed by atoms with Crippen LogP contribution in [0.4, 0.5) is 0 Å². The summed E-state index contributed by atoms with van der Waals surface area (Å²) in [7, 11) is 5.49. The zero-order valence-electron chi connectivity index (χ0n) is 5.34. The Labute approximate surface area is 75.0 Å². The lowest BCUT2D eigenvalue weighted by atomic mass is 9.95.